The summed E-state index contributed by atoms with van der Waals surface area (Å²) in [5, 5.41) is 12.1. The van der Waals surface area contributed by atoms with Crippen molar-refractivity contribution in [3.63, 3.8) is 0 Å². The molecule has 1 heterocycles. The van der Waals surface area contributed by atoms with Gasteiger partial charge < -0.3 is 9.29 Å². The molecule has 0 atom stereocenters. The molecule has 0 bridgehead atoms. The van der Waals surface area contributed by atoms with Gasteiger partial charge in [0.05, 0.1) is 22.0 Å². The van der Waals surface area contributed by atoms with Crippen LogP contribution in [0.1, 0.15) is 10.4 Å². The molecule has 0 aliphatic rings. The van der Waals surface area contributed by atoms with Crippen LogP contribution in [0.15, 0.2) is 53.3 Å². The molecule has 0 amide bonds. The molecule has 0 saturated carbocycles. The van der Waals surface area contributed by atoms with E-state index in [-0.39, 0.29) is 22.0 Å². The van der Waals surface area contributed by atoms with Gasteiger partial charge in [-0.3, -0.25) is 4.79 Å². The lowest BCUT2D eigenvalue weighted by Gasteiger charge is -2.13. The Hall–Kier alpha value is -3.41. The van der Waals surface area contributed by atoms with Gasteiger partial charge >= 0.3 is 21.6 Å². The largest absolute Gasteiger partial charge is 0.534 e. The Morgan fingerprint density at radius 1 is 1.04 bits per heavy atom. The number of alkyl halides is 3. The maximum atomic E-state index is 12.7. The van der Waals surface area contributed by atoms with Crippen LogP contribution in [0.5, 0.6) is 5.88 Å². The fraction of sp³-hybridized carbons (Fsp3) is 0.0625. The molecule has 0 aliphatic heterocycles. The average molecular weight is 414 g/mol. The number of nitrogens with zero attached hydrogens (tertiary/aromatic N) is 2. The van der Waals surface area contributed by atoms with Crippen LogP contribution in [0.3, 0.4) is 0 Å². The molecule has 8 nitrogen and oxygen atoms in total. The Bertz CT molecular complexity index is 1230. The van der Waals surface area contributed by atoms with E-state index >= 15 is 0 Å². The maximum Gasteiger partial charge on any atom is 0.534 e. The Morgan fingerprint density at radius 2 is 1.61 bits per heavy atom. The summed E-state index contributed by atoms with van der Waals surface area (Å²) in [7, 11) is -6.03. The first-order valence-corrected chi connectivity index (χ1v) is 8.78. The predicted octanol–water partition coefficient (Wildman–Crippen LogP) is 2.31. The van der Waals surface area contributed by atoms with Gasteiger partial charge in [0.15, 0.2) is 0 Å². The number of halogens is 3. The lowest BCUT2D eigenvalue weighted by molar-refractivity contribution is -0.0501. The van der Waals surface area contributed by atoms with Gasteiger partial charge in [-0.2, -0.15) is 26.3 Å². The molecule has 0 aliphatic carbocycles. The summed E-state index contributed by atoms with van der Waals surface area (Å²) in [6.45, 7) is 0. The molecule has 146 valence electrons. The zero-order valence-corrected chi connectivity index (χ0v) is 14.4. The zero-order chi connectivity index (χ0) is 20.7. The molecule has 1 N–H and O–H groups in total. The molecule has 0 unspecified atom stereocenters. The molecule has 3 rings (SSSR count). The lowest BCUT2D eigenvalue weighted by Crippen LogP contribution is -2.30. The van der Waals surface area contributed by atoms with E-state index < -0.39 is 33.0 Å². The quantitative estimate of drug-likeness (QED) is 0.514. The number of carbonyl (C=O) groups is 1. The van der Waals surface area contributed by atoms with Gasteiger partial charge in [-0.25, -0.2) is 4.79 Å². The zero-order valence-electron chi connectivity index (χ0n) is 13.5. The van der Waals surface area contributed by atoms with Gasteiger partial charge in [0.25, 0.3) is 11.4 Å². The van der Waals surface area contributed by atoms with Gasteiger partial charge in [-0.15, -0.1) is 5.10 Å². The van der Waals surface area contributed by atoms with E-state index in [0.29, 0.717) is 4.68 Å². The van der Waals surface area contributed by atoms with Crippen LogP contribution >= 0.6 is 0 Å². The third kappa shape index (κ3) is 3.41. The summed E-state index contributed by atoms with van der Waals surface area (Å²) >= 11 is 0. The Balaban J connectivity index is 2.24. The van der Waals surface area contributed by atoms with Crippen molar-refractivity contribution in [3.8, 4) is 11.6 Å². The van der Waals surface area contributed by atoms with E-state index in [1.54, 1.807) is 0 Å². The van der Waals surface area contributed by atoms with E-state index in [9.17, 15) is 31.2 Å². The lowest BCUT2D eigenvalue weighted by atomic mass is 10.2. The van der Waals surface area contributed by atoms with Crippen molar-refractivity contribution >= 4 is 26.9 Å². The minimum absolute atomic E-state index is 0.00462. The monoisotopic (exact) mass is 414 g/mol. The Labute approximate surface area is 154 Å². The fourth-order valence-electron chi connectivity index (χ4n) is 2.29. The molecule has 2 aromatic carbocycles. The fourth-order valence-corrected chi connectivity index (χ4v) is 2.72. The molecule has 12 heteroatoms. The van der Waals surface area contributed by atoms with E-state index in [2.05, 4.69) is 9.28 Å². The Kier molecular flexibility index (Phi) is 4.59. The highest BCUT2D eigenvalue weighted by Gasteiger charge is 2.49. The van der Waals surface area contributed by atoms with Crippen LogP contribution < -0.4 is 9.74 Å². The van der Waals surface area contributed by atoms with Gasteiger partial charge in [0.1, 0.15) is 0 Å². The molecule has 3 aromatic rings. The second-order valence-corrected chi connectivity index (χ2v) is 6.94. The predicted molar refractivity (Wildman–Crippen MR) is 89.9 cm³/mol. The first-order valence-electron chi connectivity index (χ1n) is 7.38. The highest BCUT2D eigenvalue weighted by Crippen LogP contribution is 2.29. The summed E-state index contributed by atoms with van der Waals surface area (Å²) in [5.41, 5.74) is -6.57. The van der Waals surface area contributed by atoms with Crippen molar-refractivity contribution in [2.45, 2.75) is 5.51 Å². The second kappa shape index (κ2) is 6.64. The SMILES string of the molecule is O=C(O)c1ccc(-n2nc(OS(=O)(=O)C(F)(F)F)c3ccccc3c2=O)cc1. The number of benzene rings is 2. The van der Waals surface area contributed by atoms with Crippen LogP contribution in [0, 0.1) is 0 Å². The van der Waals surface area contributed by atoms with E-state index in [1.165, 1.54) is 36.4 Å². The van der Waals surface area contributed by atoms with Gasteiger partial charge in [-0.1, -0.05) is 12.1 Å². The normalized spacial score (nSPS) is 12.1. The highest BCUT2D eigenvalue weighted by molar-refractivity contribution is 7.88. The Morgan fingerprint density at radius 3 is 2.14 bits per heavy atom. The topological polar surface area (TPSA) is 116 Å². The summed E-state index contributed by atoms with van der Waals surface area (Å²) in [5.74, 6) is -2.18. The standard InChI is InChI=1S/C16H9F3N2O6S/c17-16(18,19)28(25,26)27-13-11-3-1-2-4-12(11)14(22)21(20-13)10-7-5-9(6-8-10)15(23)24/h1-8H,(H,23,24). The number of hydrogen-bond acceptors (Lipinski definition) is 6. The van der Waals surface area contributed by atoms with Crippen LogP contribution in [-0.2, 0) is 10.1 Å². The smallest absolute Gasteiger partial charge is 0.478 e. The van der Waals surface area contributed by atoms with E-state index in [1.807, 2.05) is 0 Å². The summed E-state index contributed by atoms with van der Waals surface area (Å²) < 4.78 is 65.5. The molecule has 0 fully saturated rings. The first-order chi connectivity index (χ1) is 13.0. The maximum absolute atomic E-state index is 12.7. The van der Waals surface area contributed by atoms with Crippen LogP contribution in [0.2, 0.25) is 0 Å². The number of fused-ring (bicyclic) bond motifs is 1. The van der Waals surface area contributed by atoms with Crippen molar-refractivity contribution in [2.75, 3.05) is 0 Å². The minimum atomic E-state index is -6.03. The summed E-state index contributed by atoms with van der Waals surface area (Å²) in [4.78, 5) is 23.5. The summed E-state index contributed by atoms with van der Waals surface area (Å²) in [6.07, 6.45) is 0. The minimum Gasteiger partial charge on any atom is -0.478 e. The van der Waals surface area contributed by atoms with E-state index in [4.69, 9.17) is 5.11 Å². The number of carboxylic acid groups (broad SMARTS) is 1. The highest BCUT2D eigenvalue weighted by atomic mass is 32.2. The van der Waals surface area contributed by atoms with E-state index in [0.717, 1.165) is 12.1 Å². The third-order valence-electron chi connectivity index (χ3n) is 3.60. The van der Waals surface area contributed by atoms with Crippen molar-refractivity contribution in [1.29, 1.82) is 0 Å². The molecule has 28 heavy (non-hydrogen) atoms. The van der Waals surface area contributed by atoms with Crippen LogP contribution in [0.4, 0.5) is 13.2 Å². The molecular formula is C16H9F3N2O6S. The second-order valence-electron chi connectivity index (χ2n) is 5.40. The third-order valence-corrected chi connectivity index (χ3v) is 4.55. The first kappa shape index (κ1) is 19.4. The average Bonchev–Trinajstić information content (AvgIpc) is 2.63. The number of carboxylic acids is 1. The van der Waals surface area contributed by atoms with Gasteiger partial charge in [0.2, 0.25) is 0 Å². The molecular weight excluding hydrogens is 405 g/mol. The molecule has 0 saturated heterocycles. The molecule has 0 radical (unpaired) electrons. The van der Waals surface area contributed by atoms with Crippen LogP contribution in [0.25, 0.3) is 16.5 Å². The number of aromatic nitrogens is 2. The van der Waals surface area contributed by atoms with Crippen molar-refractivity contribution in [3.05, 3.63) is 64.4 Å². The molecule has 1 aromatic heterocycles. The number of aromatic carboxylic acids is 1. The van der Waals surface area contributed by atoms with Gasteiger partial charge in [0, 0.05) is 0 Å². The van der Waals surface area contributed by atoms with Gasteiger partial charge in [-0.05, 0) is 36.4 Å². The molecule has 0 spiro atoms. The number of hydrogen-bond donors (Lipinski definition) is 1. The van der Waals surface area contributed by atoms with Crippen molar-refractivity contribution < 1.29 is 35.7 Å². The van der Waals surface area contributed by atoms with Crippen molar-refractivity contribution in [2.24, 2.45) is 0 Å². The number of rotatable bonds is 4. The summed E-state index contributed by atoms with van der Waals surface area (Å²) in [6, 6.07) is 9.90. The van der Waals surface area contributed by atoms with Crippen LogP contribution in [-0.4, -0.2) is 34.8 Å². The van der Waals surface area contributed by atoms with Crippen molar-refractivity contribution in [1.82, 2.24) is 9.78 Å².